The molecule has 0 bridgehead atoms. The average molecular weight is 222 g/mol. The standard InChI is InChI=1S/C13H19FN2/c1-9(2)13(3,4)16-12(15)10-5-7-11(14)8-6-10/h5-9H,1-4H3,(H2,15,16). The first kappa shape index (κ1) is 12.7. The topological polar surface area (TPSA) is 35.9 Å². The molecule has 0 atom stereocenters. The summed E-state index contributed by atoms with van der Waals surface area (Å²) in [4.78, 5) is 0. The molecule has 3 heteroatoms. The molecule has 0 aliphatic rings. The molecule has 0 saturated heterocycles. The molecule has 1 aromatic carbocycles. The zero-order valence-corrected chi connectivity index (χ0v) is 10.3. The minimum Gasteiger partial charge on any atom is -0.365 e. The molecule has 0 radical (unpaired) electrons. The number of benzene rings is 1. The highest BCUT2D eigenvalue weighted by atomic mass is 19.1. The van der Waals surface area contributed by atoms with Crippen LogP contribution in [0.4, 0.5) is 4.39 Å². The van der Waals surface area contributed by atoms with E-state index in [1.54, 1.807) is 12.1 Å². The number of hydrogen-bond acceptors (Lipinski definition) is 1. The first-order chi connectivity index (χ1) is 7.33. The van der Waals surface area contributed by atoms with Gasteiger partial charge in [0.05, 0.1) is 0 Å². The first-order valence-corrected chi connectivity index (χ1v) is 5.45. The Morgan fingerprint density at radius 3 is 2.19 bits per heavy atom. The lowest BCUT2D eigenvalue weighted by molar-refractivity contribution is 0.333. The summed E-state index contributed by atoms with van der Waals surface area (Å²) in [6.45, 7) is 8.31. The number of rotatable bonds is 3. The van der Waals surface area contributed by atoms with Crippen molar-refractivity contribution >= 4 is 5.84 Å². The molecule has 0 amide bonds. The van der Waals surface area contributed by atoms with Crippen molar-refractivity contribution in [3.05, 3.63) is 35.6 Å². The predicted molar refractivity (Wildman–Crippen MR) is 65.3 cm³/mol. The molecule has 0 aliphatic carbocycles. The summed E-state index contributed by atoms with van der Waals surface area (Å²) in [7, 11) is 0. The van der Waals surface area contributed by atoms with Crippen LogP contribution in [0.2, 0.25) is 0 Å². The Bertz CT molecular complexity index is 366. The van der Waals surface area contributed by atoms with E-state index in [-0.39, 0.29) is 11.4 Å². The van der Waals surface area contributed by atoms with Crippen LogP contribution in [-0.4, -0.2) is 11.4 Å². The minimum atomic E-state index is -0.278. The van der Waals surface area contributed by atoms with E-state index in [0.717, 1.165) is 0 Å². The lowest BCUT2D eigenvalue weighted by atomic mass is 9.90. The summed E-state index contributed by atoms with van der Waals surface area (Å²) in [5.41, 5.74) is 0.556. The van der Waals surface area contributed by atoms with E-state index in [4.69, 9.17) is 5.41 Å². The van der Waals surface area contributed by atoms with Crippen molar-refractivity contribution in [2.45, 2.75) is 33.2 Å². The molecule has 0 heterocycles. The van der Waals surface area contributed by atoms with E-state index >= 15 is 0 Å². The van der Waals surface area contributed by atoms with E-state index in [1.165, 1.54) is 12.1 Å². The summed E-state index contributed by atoms with van der Waals surface area (Å²) in [6.07, 6.45) is 0. The van der Waals surface area contributed by atoms with E-state index in [0.29, 0.717) is 17.3 Å². The lowest BCUT2D eigenvalue weighted by Gasteiger charge is -2.31. The van der Waals surface area contributed by atoms with Gasteiger partial charge in [0.15, 0.2) is 0 Å². The van der Waals surface area contributed by atoms with Crippen LogP contribution in [0, 0.1) is 17.1 Å². The van der Waals surface area contributed by atoms with Crippen LogP contribution in [0.1, 0.15) is 33.3 Å². The van der Waals surface area contributed by atoms with Crippen molar-refractivity contribution in [2.24, 2.45) is 5.92 Å². The van der Waals surface area contributed by atoms with Gasteiger partial charge in [-0.3, -0.25) is 5.41 Å². The molecule has 2 nitrogen and oxygen atoms in total. The highest BCUT2D eigenvalue weighted by molar-refractivity contribution is 5.96. The maximum absolute atomic E-state index is 12.7. The van der Waals surface area contributed by atoms with Crippen molar-refractivity contribution < 1.29 is 4.39 Å². The molecule has 88 valence electrons. The predicted octanol–water partition coefficient (Wildman–Crippen LogP) is 3.18. The van der Waals surface area contributed by atoms with Crippen molar-refractivity contribution in [1.82, 2.24) is 5.32 Å². The van der Waals surface area contributed by atoms with Crippen LogP contribution in [0.15, 0.2) is 24.3 Å². The second-order valence-electron chi connectivity index (χ2n) is 4.88. The monoisotopic (exact) mass is 222 g/mol. The molecular weight excluding hydrogens is 203 g/mol. The van der Waals surface area contributed by atoms with Gasteiger partial charge in [-0.2, -0.15) is 0 Å². The molecule has 0 saturated carbocycles. The van der Waals surface area contributed by atoms with Gasteiger partial charge in [-0.1, -0.05) is 13.8 Å². The summed E-state index contributed by atoms with van der Waals surface area (Å²) in [5, 5.41) is 11.1. The minimum absolute atomic E-state index is 0.147. The third kappa shape index (κ3) is 3.05. The fourth-order valence-electron chi connectivity index (χ4n) is 1.16. The molecule has 1 aromatic rings. The first-order valence-electron chi connectivity index (χ1n) is 5.45. The van der Waals surface area contributed by atoms with E-state index in [2.05, 4.69) is 33.0 Å². The van der Waals surface area contributed by atoms with E-state index in [9.17, 15) is 4.39 Å². The Hall–Kier alpha value is -1.38. The molecule has 0 aromatic heterocycles. The van der Waals surface area contributed by atoms with Crippen LogP contribution >= 0.6 is 0 Å². The summed E-state index contributed by atoms with van der Waals surface area (Å²) in [6, 6.07) is 5.96. The van der Waals surface area contributed by atoms with E-state index < -0.39 is 0 Å². The number of nitrogens with one attached hydrogen (secondary N) is 2. The molecule has 16 heavy (non-hydrogen) atoms. The summed E-state index contributed by atoms with van der Waals surface area (Å²) >= 11 is 0. The van der Waals surface area contributed by atoms with Gasteiger partial charge < -0.3 is 5.32 Å². The molecule has 2 N–H and O–H groups in total. The van der Waals surface area contributed by atoms with Crippen molar-refractivity contribution in [3.8, 4) is 0 Å². The van der Waals surface area contributed by atoms with Crippen LogP contribution in [0.3, 0.4) is 0 Å². The van der Waals surface area contributed by atoms with Gasteiger partial charge in [0, 0.05) is 11.1 Å². The van der Waals surface area contributed by atoms with Gasteiger partial charge in [-0.15, -0.1) is 0 Å². The Morgan fingerprint density at radius 2 is 1.75 bits per heavy atom. The molecule has 0 spiro atoms. The second kappa shape index (κ2) is 4.64. The lowest BCUT2D eigenvalue weighted by Crippen LogP contribution is -2.47. The second-order valence-corrected chi connectivity index (χ2v) is 4.88. The largest absolute Gasteiger partial charge is 0.365 e. The van der Waals surface area contributed by atoms with Crippen molar-refractivity contribution in [1.29, 1.82) is 5.41 Å². The molecule has 0 aliphatic heterocycles. The average Bonchev–Trinajstić information content (AvgIpc) is 2.17. The fraction of sp³-hybridized carbons (Fsp3) is 0.462. The van der Waals surface area contributed by atoms with Gasteiger partial charge in [-0.05, 0) is 44.0 Å². The molecular formula is C13H19FN2. The zero-order valence-electron chi connectivity index (χ0n) is 10.3. The number of halogens is 1. The smallest absolute Gasteiger partial charge is 0.125 e. The Balaban J connectivity index is 2.77. The van der Waals surface area contributed by atoms with E-state index in [1.807, 2.05) is 0 Å². The highest BCUT2D eigenvalue weighted by Gasteiger charge is 2.23. The Kier molecular flexibility index (Phi) is 3.68. The summed E-state index contributed by atoms with van der Waals surface area (Å²) in [5.74, 6) is 0.465. The molecule has 0 unspecified atom stereocenters. The highest BCUT2D eigenvalue weighted by Crippen LogP contribution is 2.16. The molecule has 1 rings (SSSR count). The van der Waals surface area contributed by atoms with Gasteiger partial charge >= 0.3 is 0 Å². The van der Waals surface area contributed by atoms with Crippen LogP contribution in [0.5, 0.6) is 0 Å². The van der Waals surface area contributed by atoms with Gasteiger partial charge in [0.25, 0.3) is 0 Å². The zero-order chi connectivity index (χ0) is 12.3. The van der Waals surface area contributed by atoms with Gasteiger partial charge in [-0.25, -0.2) is 4.39 Å². The third-order valence-corrected chi connectivity index (χ3v) is 3.02. The molecule has 0 fully saturated rings. The summed E-state index contributed by atoms with van der Waals surface area (Å²) < 4.78 is 12.7. The van der Waals surface area contributed by atoms with Crippen molar-refractivity contribution in [2.75, 3.05) is 0 Å². The maximum atomic E-state index is 12.7. The Labute approximate surface area is 96.4 Å². The fourth-order valence-corrected chi connectivity index (χ4v) is 1.16. The normalized spacial score (nSPS) is 11.6. The van der Waals surface area contributed by atoms with Crippen LogP contribution < -0.4 is 5.32 Å². The number of hydrogen-bond donors (Lipinski definition) is 2. The maximum Gasteiger partial charge on any atom is 0.125 e. The Morgan fingerprint density at radius 1 is 1.25 bits per heavy atom. The number of amidine groups is 1. The van der Waals surface area contributed by atoms with Crippen LogP contribution in [-0.2, 0) is 0 Å². The third-order valence-electron chi connectivity index (χ3n) is 3.02. The van der Waals surface area contributed by atoms with Crippen LogP contribution in [0.25, 0.3) is 0 Å². The van der Waals surface area contributed by atoms with Gasteiger partial charge in [0.2, 0.25) is 0 Å². The van der Waals surface area contributed by atoms with Gasteiger partial charge in [0.1, 0.15) is 11.7 Å². The van der Waals surface area contributed by atoms with Crippen molar-refractivity contribution in [3.63, 3.8) is 0 Å². The SMILES string of the molecule is CC(C)C(C)(C)NC(=N)c1ccc(F)cc1. The quantitative estimate of drug-likeness (QED) is 0.598.